The number of rotatable bonds is 4. The zero-order chi connectivity index (χ0) is 15.2. The Morgan fingerprint density at radius 3 is 2.62 bits per heavy atom. The molecule has 1 aromatic heterocycles. The summed E-state index contributed by atoms with van der Waals surface area (Å²) in [6, 6.07) is 2.58. The van der Waals surface area contributed by atoms with Gasteiger partial charge in [0.1, 0.15) is 5.15 Å². The molecule has 114 valence electrons. The molecule has 1 N–H and O–H groups in total. The topological polar surface area (TPSA) is 85.1 Å². The number of carbonyl (C=O) groups is 1. The number of nitrogens with zero attached hydrogens (tertiary/aromatic N) is 2. The number of amides is 1. The first-order chi connectivity index (χ1) is 10.1. The van der Waals surface area contributed by atoms with E-state index in [-0.39, 0.29) is 22.6 Å². The van der Waals surface area contributed by atoms with Crippen LogP contribution in [0.25, 0.3) is 0 Å². The standard InChI is InChI=1S/C14H18ClN3O3/c15-12-8-7-11(18(20)21)14(16-12)17-13(19)9-10-5-3-1-2-4-6-10/h7-8,10H,1-6,9H2,(H,16,17,19). The minimum Gasteiger partial charge on any atom is -0.305 e. The molecule has 21 heavy (non-hydrogen) atoms. The Morgan fingerprint density at radius 1 is 1.33 bits per heavy atom. The second-order valence-electron chi connectivity index (χ2n) is 5.37. The Bertz CT molecular complexity index is 528. The quantitative estimate of drug-likeness (QED) is 0.395. The van der Waals surface area contributed by atoms with Crippen molar-refractivity contribution in [1.29, 1.82) is 0 Å². The van der Waals surface area contributed by atoms with Gasteiger partial charge in [0.05, 0.1) is 4.92 Å². The first kappa shape index (κ1) is 15.7. The SMILES string of the molecule is O=C(CC1CCCCCC1)Nc1nc(Cl)ccc1[N+](=O)[O-]. The fourth-order valence-electron chi connectivity index (χ4n) is 2.68. The van der Waals surface area contributed by atoms with E-state index in [1.54, 1.807) is 0 Å². The van der Waals surface area contributed by atoms with Gasteiger partial charge in [-0.15, -0.1) is 0 Å². The second kappa shape index (κ2) is 7.36. The number of pyridine rings is 1. The smallest absolute Gasteiger partial charge is 0.305 e. The minimum atomic E-state index is -0.579. The van der Waals surface area contributed by atoms with Gasteiger partial charge in [-0.1, -0.05) is 37.3 Å². The number of nitrogens with one attached hydrogen (secondary N) is 1. The number of halogens is 1. The van der Waals surface area contributed by atoms with Crippen LogP contribution in [0.2, 0.25) is 5.15 Å². The highest BCUT2D eigenvalue weighted by molar-refractivity contribution is 6.29. The maximum atomic E-state index is 12.1. The predicted octanol–water partition coefficient (Wildman–Crippen LogP) is 3.94. The van der Waals surface area contributed by atoms with Gasteiger partial charge in [0.2, 0.25) is 11.7 Å². The third-order valence-electron chi connectivity index (χ3n) is 3.74. The lowest BCUT2D eigenvalue weighted by Crippen LogP contribution is -2.18. The van der Waals surface area contributed by atoms with Crippen LogP contribution in [0.5, 0.6) is 0 Å². The predicted molar refractivity (Wildman–Crippen MR) is 80.3 cm³/mol. The maximum absolute atomic E-state index is 12.1. The molecule has 2 rings (SSSR count). The molecular formula is C14H18ClN3O3. The molecule has 1 aliphatic carbocycles. The molecule has 1 heterocycles. The van der Waals surface area contributed by atoms with Gasteiger partial charge in [-0.2, -0.15) is 0 Å². The zero-order valence-corrected chi connectivity index (χ0v) is 12.4. The average Bonchev–Trinajstić information content (AvgIpc) is 2.66. The van der Waals surface area contributed by atoms with E-state index in [1.165, 1.54) is 25.0 Å². The summed E-state index contributed by atoms with van der Waals surface area (Å²) in [7, 11) is 0. The van der Waals surface area contributed by atoms with Gasteiger partial charge >= 0.3 is 5.69 Å². The van der Waals surface area contributed by atoms with Gasteiger partial charge < -0.3 is 5.32 Å². The summed E-state index contributed by atoms with van der Waals surface area (Å²) in [5.74, 6) is 0.0385. The molecule has 0 atom stereocenters. The van der Waals surface area contributed by atoms with Crippen LogP contribution in [0.3, 0.4) is 0 Å². The molecule has 0 unspecified atom stereocenters. The number of hydrogen-bond acceptors (Lipinski definition) is 4. The van der Waals surface area contributed by atoms with Crippen molar-refractivity contribution < 1.29 is 9.72 Å². The van der Waals surface area contributed by atoms with Crippen molar-refractivity contribution in [3.63, 3.8) is 0 Å². The first-order valence-electron chi connectivity index (χ1n) is 7.17. The zero-order valence-electron chi connectivity index (χ0n) is 11.7. The summed E-state index contributed by atoms with van der Waals surface area (Å²) in [6.45, 7) is 0. The molecule has 6 nitrogen and oxygen atoms in total. The monoisotopic (exact) mass is 311 g/mol. The third-order valence-corrected chi connectivity index (χ3v) is 3.95. The lowest BCUT2D eigenvalue weighted by molar-refractivity contribution is -0.384. The fraction of sp³-hybridized carbons (Fsp3) is 0.571. The molecule has 0 aliphatic heterocycles. The second-order valence-corrected chi connectivity index (χ2v) is 5.76. The number of hydrogen-bond donors (Lipinski definition) is 1. The number of anilines is 1. The van der Waals surface area contributed by atoms with Gasteiger partial charge in [-0.3, -0.25) is 14.9 Å². The summed E-state index contributed by atoms with van der Waals surface area (Å²) >= 11 is 5.73. The first-order valence-corrected chi connectivity index (χ1v) is 7.55. The largest absolute Gasteiger partial charge is 0.311 e. The maximum Gasteiger partial charge on any atom is 0.311 e. The Kier molecular flexibility index (Phi) is 5.50. The lowest BCUT2D eigenvalue weighted by Gasteiger charge is -2.13. The van der Waals surface area contributed by atoms with Crippen molar-refractivity contribution in [2.45, 2.75) is 44.9 Å². The molecule has 7 heteroatoms. The Morgan fingerprint density at radius 2 is 2.00 bits per heavy atom. The Balaban J connectivity index is 2.01. The summed E-state index contributed by atoms with van der Waals surface area (Å²) in [6.07, 6.45) is 7.20. The summed E-state index contributed by atoms with van der Waals surface area (Å²) in [5, 5.41) is 13.6. The van der Waals surface area contributed by atoms with E-state index in [1.807, 2.05) is 0 Å². The average molecular weight is 312 g/mol. The Labute approximate surface area is 128 Å². The van der Waals surface area contributed by atoms with Crippen molar-refractivity contribution in [1.82, 2.24) is 4.98 Å². The number of aromatic nitrogens is 1. The summed E-state index contributed by atoms with van der Waals surface area (Å²) in [5.41, 5.74) is -0.242. The highest BCUT2D eigenvalue weighted by atomic mass is 35.5. The van der Waals surface area contributed by atoms with Crippen LogP contribution in [0.1, 0.15) is 44.9 Å². The van der Waals surface area contributed by atoms with Gasteiger partial charge in [-0.25, -0.2) is 4.98 Å². The molecule has 1 aromatic rings. The van der Waals surface area contributed by atoms with Crippen molar-refractivity contribution in [2.24, 2.45) is 5.92 Å². The minimum absolute atomic E-state index is 0.0777. The van der Waals surface area contributed by atoms with Gasteiger partial charge in [-0.05, 0) is 24.8 Å². The van der Waals surface area contributed by atoms with E-state index >= 15 is 0 Å². The van der Waals surface area contributed by atoms with Crippen LogP contribution in [-0.2, 0) is 4.79 Å². The van der Waals surface area contributed by atoms with E-state index in [2.05, 4.69) is 10.3 Å². The van der Waals surface area contributed by atoms with Crippen LogP contribution in [0.4, 0.5) is 11.5 Å². The van der Waals surface area contributed by atoms with Crippen molar-refractivity contribution in [3.8, 4) is 0 Å². The third kappa shape index (κ3) is 4.67. The van der Waals surface area contributed by atoms with Crippen LogP contribution >= 0.6 is 11.6 Å². The normalized spacial score (nSPS) is 16.2. The highest BCUT2D eigenvalue weighted by Gasteiger charge is 2.21. The van der Waals surface area contributed by atoms with Crippen LogP contribution in [0.15, 0.2) is 12.1 Å². The van der Waals surface area contributed by atoms with E-state index < -0.39 is 4.92 Å². The molecule has 0 spiro atoms. The van der Waals surface area contributed by atoms with Crippen LogP contribution in [0, 0.1) is 16.0 Å². The van der Waals surface area contributed by atoms with E-state index in [9.17, 15) is 14.9 Å². The van der Waals surface area contributed by atoms with E-state index in [0.29, 0.717) is 12.3 Å². The van der Waals surface area contributed by atoms with E-state index in [4.69, 9.17) is 11.6 Å². The van der Waals surface area contributed by atoms with Crippen molar-refractivity contribution in [2.75, 3.05) is 5.32 Å². The fourth-order valence-corrected chi connectivity index (χ4v) is 2.83. The molecule has 1 amide bonds. The molecule has 0 aromatic carbocycles. The number of carbonyl (C=O) groups excluding carboxylic acids is 1. The summed E-state index contributed by atoms with van der Waals surface area (Å²) < 4.78 is 0. The molecular weight excluding hydrogens is 294 g/mol. The molecule has 0 radical (unpaired) electrons. The van der Waals surface area contributed by atoms with E-state index in [0.717, 1.165) is 25.7 Å². The van der Waals surface area contributed by atoms with Gasteiger partial charge in [0.25, 0.3) is 0 Å². The van der Waals surface area contributed by atoms with Gasteiger partial charge in [0, 0.05) is 12.5 Å². The number of nitro groups is 1. The molecule has 1 aliphatic rings. The van der Waals surface area contributed by atoms with Gasteiger partial charge in [0.15, 0.2) is 0 Å². The molecule has 0 saturated heterocycles. The molecule has 0 bridgehead atoms. The van der Waals surface area contributed by atoms with Crippen LogP contribution in [-0.4, -0.2) is 15.8 Å². The molecule has 1 saturated carbocycles. The van der Waals surface area contributed by atoms with Crippen LogP contribution < -0.4 is 5.32 Å². The van der Waals surface area contributed by atoms with Crippen molar-refractivity contribution >= 4 is 29.0 Å². The van der Waals surface area contributed by atoms with Crippen molar-refractivity contribution in [3.05, 3.63) is 27.4 Å². The highest BCUT2D eigenvalue weighted by Crippen LogP contribution is 2.27. The molecule has 1 fully saturated rings. The summed E-state index contributed by atoms with van der Waals surface area (Å²) in [4.78, 5) is 26.2. The lowest BCUT2D eigenvalue weighted by atomic mass is 9.96. The Hall–Kier alpha value is -1.69.